The molecule has 0 saturated heterocycles. The van der Waals surface area contributed by atoms with Gasteiger partial charge in [0.15, 0.2) is 9.84 Å². The minimum atomic E-state index is -3.34. The van der Waals surface area contributed by atoms with E-state index in [2.05, 4.69) is 21.2 Å². The molecular weight excluding hydrogens is 310 g/mol. The van der Waals surface area contributed by atoms with Crippen LogP contribution < -0.4 is 10.1 Å². The van der Waals surface area contributed by atoms with Crippen LogP contribution in [0, 0.1) is 0 Å². The van der Waals surface area contributed by atoms with Gasteiger partial charge in [0.2, 0.25) is 5.91 Å². The SMILES string of the molecule is COc1ccc(Br)cc1NC(=O)CS(C)(=O)=O. The molecule has 1 aromatic carbocycles. The molecule has 0 radical (unpaired) electrons. The first-order valence-electron chi connectivity index (χ1n) is 4.63. The molecule has 1 N–H and O–H groups in total. The van der Waals surface area contributed by atoms with Gasteiger partial charge in [-0.05, 0) is 18.2 Å². The lowest BCUT2D eigenvalue weighted by atomic mass is 10.3. The van der Waals surface area contributed by atoms with E-state index >= 15 is 0 Å². The Labute approximate surface area is 108 Å². The maximum absolute atomic E-state index is 11.4. The zero-order chi connectivity index (χ0) is 13.1. The van der Waals surface area contributed by atoms with Gasteiger partial charge < -0.3 is 10.1 Å². The molecule has 0 heterocycles. The monoisotopic (exact) mass is 321 g/mol. The van der Waals surface area contributed by atoms with Crippen LogP contribution in [0.1, 0.15) is 0 Å². The van der Waals surface area contributed by atoms with Crippen LogP contribution in [-0.4, -0.2) is 33.4 Å². The molecule has 1 aromatic rings. The quantitative estimate of drug-likeness (QED) is 0.910. The van der Waals surface area contributed by atoms with Gasteiger partial charge in [-0.2, -0.15) is 0 Å². The van der Waals surface area contributed by atoms with Crippen LogP contribution in [0.15, 0.2) is 22.7 Å². The van der Waals surface area contributed by atoms with Gasteiger partial charge >= 0.3 is 0 Å². The van der Waals surface area contributed by atoms with Crippen LogP contribution in [0.25, 0.3) is 0 Å². The van der Waals surface area contributed by atoms with Crippen LogP contribution >= 0.6 is 15.9 Å². The molecule has 0 bridgehead atoms. The normalized spacial score (nSPS) is 11.0. The molecule has 0 aliphatic rings. The van der Waals surface area contributed by atoms with Crippen molar-refractivity contribution in [2.45, 2.75) is 0 Å². The van der Waals surface area contributed by atoms with E-state index in [1.807, 2.05) is 0 Å². The van der Waals surface area contributed by atoms with Crippen LogP contribution in [0.4, 0.5) is 5.69 Å². The van der Waals surface area contributed by atoms with Gasteiger partial charge in [-0.1, -0.05) is 15.9 Å². The summed E-state index contributed by atoms with van der Waals surface area (Å²) in [6.07, 6.45) is 1.00. The number of ether oxygens (including phenoxy) is 1. The van der Waals surface area contributed by atoms with Crippen molar-refractivity contribution >= 4 is 37.4 Å². The molecule has 17 heavy (non-hydrogen) atoms. The molecule has 94 valence electrons. The highest BCUT2D eigenvalue weighted by molar-refractivity contribution is 9.10. The fourth-order valence-corrected chi connectivity index (χ4v) is 2.11. The Morgan fingerprint density at radius 3 is 2.65 bits per heavy atom. The predicted molar refractivity (Wildman–Crippen MR) is 69.0 cm³/mol. The van der Waals surface area contributed by atoms with Crippen LogP contribution in [0.5, 0.6) is 5.75 Å². The second-order valence-electron chi connectivity index (χ2n) is 3.46. The van der Waals surface area contributed by atoms with E-state index in [4.69, 9.17) is 4.74 Å². The van der Waals surface area contributed by atoms with Crippen LogP contribution in [0.2, 0.25) is 0 Å². The highest BCUT2D eigenvalue weighted by Crippen LogP contribution is 2.27. The largest absolute Gasteiger partial charge is 0.495 e. The van der Waals surface area contributed by atoms with Crippen molar-refractivity contribution in [1.29, 1.82) is 0 Å². The summed E-state index contributed by atoms with van der Waals surface area (Å²) in [5.74, 6) is -0.679. The van der Waals surface area contributed by atoms with Crippen LogP contribution in [-0.2, 0) is 14.6 Å². The van der Waals surface area contributed by atoms with Crippen LogP contribution in [0.3, 0.4) is 0 Å². The third-order valence-electron chi connectivity index (χ3n) is 1.83. The molecule has 0 atom stereocenters. The summed E-state index contributed by atoms with van der Waals surface area (Å²) in [5, 5.41) is 2.49. The fourth-order valence-electron chi connectivity index (χ4n) is 1.20. The zero-order valence-electron chi connectivity index (χ0n) is 9.36. The lowest BCUT2D eigenvalue weighted by Crippen LogP contribution is -2.22. The molecule has 0 aliphatic heterocycles. The van der Waals surface area contributed by atoms with Gasteiger partial charge in [0, 0.05) is 10.7 Å². The van der Waals surface area contributed by atoms with E-state index in [0.717, 1.165) is 10.7 Å². The van der Waals surface area contributed by atoms with Crippen molar-refractivity contribution in [2.75, 3.05) is 24.4 Å². The van der Waals surface area contributed by atoms with E-state index in [9.17, 15) is 13.2 Å². The lowest BCUT2D eigenvalue weighted by Gasteiger charge is -2.10. The molecule has 7 heteroatoms. The Balaban J connectivity index is 2.87. The number of amides is 1. The number of sulfone groups is 1. The second-order valence-corrected chi connectivity index (χ2v) is 6.52. The van der Waals surface area contributed by atoms with Crippen molar-refractivity contribution in [3.63, 3.8) is 0 Å². The maximum atomic E-state index is 11.4. The lowest BCUT2D eigenvalue weighted by molar-refractivity contribution is -0.113. The number of rotatable bonds is 4. The van der Waals surface area contributed by atoms with Gasteiger partial charge in [-0.15, -0.1) is 0 Å². The standard InChI is InChI=1S/C10H12BrNO4S/c1-16-9-4-3-7(11)5-8(9)12-10(13)6-17(2,14)15/h3-5H,6H2,1-2H3,(H,12,13). The van der Waals surface area contributed by atoms with Gasteiger partial charge in [-0.25, -0.2) is 8.42 Å². The number of hydrogen-bond acceptors (Lipinski definition) is 4. The summed E-state index contributed by atoms with van der Waals surface area (Å²) in [4.78, 5) is 11.4. The highest BCUT2D eigenvalue weighted by Gasteiger charge is 2.13. The number of hydrogen-bond donors (Lipinski definition) is 1. The summed E-state index contributed by atoms with van der Waals surface area (Å²) in [6.45, 7) is 0. The average Bonchev–Trinajstić information content (AvgIpc) is 2.14. The van der Waals surface area contributed by atoms with Crippen molar-refractivity contribution in [3.8, 4) is 5.75 Å². The maximum Gasteiger partial charge on any atom is 0.239 e. The van der Waals surface area contributed by atoms with Crippen molar-refractivity contribution in [2.24, 2.45) is 0 Å². The first-order chi connectivity index (χ1) is 7.81. The van der Waals surface area contributed by atoms with Crippen molar-refractivity contribution in [1.82, 2.24) is 0 Å². The Bertz CT molecular complexity index is 527. The van der Waals surface area contributed by atoms with E-state index in [1.54, 1.807) is 18.2 Å². The first kappa shape index (κ1) is 14.0. The van der Waals surface area contributed by atoms with Crippen molar-refractivity contribution < 1.29 is 17.9 Å². The highest BCUT2D eigenvalue weighted by atomic mass is 79.9. The molecule has 0 spiro atoms. The Morgan fingerprint density at radius 2 is 2.12 bits per heavy atom. The molecule has 0 aliphatic carbocycles. The molecule has 1 rings (SSSR count). The fraction of sp³-hybridized carbons (Fsp3) is 0.300. The Hall–Kier alpha value is -1.08. The molecule has 1 amide bonds. The second kappa shape index (κ2) is 5.50. The summed E-state index contributed by atoms with van der Waals surface area (Å²) in [5.41, 5.74) is 0.426. The first-order valence-corrected chi connectivity index (χ1v) is 7.48. The van der Waals surface area contributed by atoms with Gasteiger partial charge in [0.05, 0.1) is 12.8 Å². The zero-order valence-corrected chi connectivity index (χ0v) is 11.8. The topological polar surface area (TPSA) is 72.5 Å². The van der Waals surface area contributed by atoms with E-state index < -0.39 is 21.5 Å². The van der Waals surface area contributed by atoms with Gasteiger partial charge in [-0.3, -0.25) is 4.79 Å². The number of anilines is 1. The number of carbonyl (C=O) groups excluding carboxylic acids is 1. The average molecular weight is 322 g/mol. The molecule has 0 unspecified atom stereocenters. The van der Waals surface area contributed by atoms with E-state index in [0.29, 0.717) is 11.4 Å². The van der Waals surface area contributed by atoms with E-state index in [-0.39, 0.29) is 0 Å². The number of halogens is 1. The molecule has 0 saturated carbocycles. The molecule has 0 fully saturated rings. The third-order valence-corrected chi connectivity index (χ3v) is 3.11. The number of methoxy groups -OCH3 is 1. The van der Waals surface area contributed by atoms with Crippen molar-refractivity contribution in [3.05, 3.63) is 22.7 Å². The third kappa shape index (κ3) is 4.74. The van der Waals surface area contributed by atoms with E-state index in [1.165, 1.54) is 7.11 Å². The Kier molecular flexibility index (Phi) is 4.53. The Morgan fingerprint density at radius 1 is 1.47 bits per heavy atom. The summed E-state index contributed by atoms with van der Waals surface area (Å²) >= 11 is 3.25. The smallest absolute Gasteiger partial charge is 0.239 e. The predicted octanol–water partition coefficient (Wildman–Crippen LogP) is 1.44. The molecular formula is C10H12BrNO4S. The summed E-state index contributed by atoms with van der Waals surface area (Å²) in [7, 11) is -1.87. The summed E-state index contributed by atoms with van der Waals surface area (Å²) in [6, 6.07) is 5.06. The van der Waals surface area contributed by atoms with Gasteiger partial charge in [0.1, 0.15) is 11.5 Å². The molecule has 0 aromatic heterocycles. The molecule has 5 nitrogen and oxygen atoms in total. The number of benzene rings is 1. The number of nitrogens with one attached hydrogen (secondary N) is 1. The summed E-state index contributed by atoms with van der Waals surface area (Å²) < 4.78 is 27.7. The minimum absolute atomic E-state index is 0.426. The van der Waals surface area contributed by atoms with Gasteiger partial charge in [0.25, 0.3) is 0 Å². The number of carbonyl (C=O) groups is 1. The minimum Gasteiger partial charge on any atom is -0.495 e.